The molecular formula is C27H20F3N7O4. The van der Waals surface area contributed by atoms with Crippen LogP contribution in [-0.4, -0.2) is 37.0 Å². The third kappa shape index (κ3) is 5.31. The number of halogens is 3. The predicted molar refractivity (Wildman–Crippen MR) is 138 cm³/mol. The van der Waals surface area contributed by atoms with Gasteiger partial charge in [-0.2, -0.15) is 18.3 Å². The lowest BCUT2D eigenvalue weighted by molar-refractivity contribution is -0.152. The number of aromatic amines is 2. The fourth-order valence-electron chi connectivity index (χ4n) is 4.76. The molecule has 0 saturated heterocycles. The van der Waals surface area contributed by atoms with Crippen molar-refractivity contribution in [2.45, 2.75) is 31.6 Å². The van der Waals surface area contributed by atoms with Crippen molar-refractivity contribution < 1.29 is 27.2 Å². The summed E-state index contributed by atoms with van der Waals surface area (Å²) >= 11 is 0. The normalized spacial score (nSPS) is 14.7. The number of hydrogen-bond donors (Lipinski definition) is 4. The molecule has 11 nitrogen and oxygen atoms in total. The van der Waals surface area contributed by atoms with Gasteiger partial charge in [0, 0.05) is 23.6 Å². The Morgan fingerprint density at radius 1 is 1.02 bits per heavy atom. The molecule has 1 aliphatic carbocycles. The number of aryl methyl sites for hydroxylation is 1. The van der Waals surface area contributed by atoms with Crippen LogP contribution in [0, 0.1) is 0 Å². The van der Waals surface area contributed by atoms with E-state index in [9.17, 15) is 27.6 Å². The minimum atomic E-state index is -4.60. The zero-order valence-electron chi connectivity index (χ0n) is 21.0. The van der Waals surface area contributed by atoms with Crippen LogP contribution in [0.2, 0.25) is 0 Å². The molecule has 208 valence electrons. The smallest absolute Gasteiger partial charge is 0.449 e. The van der Waals surface area contributed by atoms with E-state index in [1.807, 2.05) is 12.1 Å². The van der Waals surface area contributed by atoms with Crippen LogP contribution in [0.1, 0.15) is 55.9 Å². The highest BCUT2D eigenvalue weighted by molar-refractivity contribution is 5.97. The third-order valence-electron chi connectivity index (χ3n) is 6.75. The van der Waals surface area contributed by atoms with Crippen LogP contribution in [0.3, 0.4) is 0 Å². The van der Waals surface area contributed by atoms with Crippen molar-refractivity contribution in [3.05, 3.63) is 99.2 Å². The Morgan fingerprint density at radius 3 is 2.59 bits per heavy atom. The lowest BCUT2D eigenvalue weighted by Crippen LogP contribution is -2.29. The lowest BCUT2D eigenvalue weighted by atomic mass is 10.0. The number of amides is 2. The maximum Gasteiger partial charge on any atom is 0.449 e. The number of alkyl halides is 3. The molecule has 0 radical (unpaired) electrons. The average molecular weight is 563 g/mol. The van der Waals surface area contributed by atoms with Gasteiger partial charge in [0.1, 0.15) is 23.3 Å². The molecular weight excluding hydrogens is 543 g/mol. The summed E-state index contributed by atoms with van der Waals surface area (Å²) in [5.41, 5.74) is 2.81. The molecule has 0 aliphatic heterocycles. The molecule has 1 atom stereocenters. The van der Waals surface area contributed by atoms with Gasteiger partial charge in [-0.05, 0) is 47.7 Å². The van der Waals surface area contributed by atoms with E-state index in [4.69, 9.17) is 4.42 Å². The summed E-state index contributed by atoms with van der Waals surface area (Å²) in [6, 6.07) is 12.0. The fraction of sp³-hybridized carbons (Fsp3) is 0.185. The highest BCUT2D eigenvalue weighted by Gasteiger charge is 2.35. The van der Waals surface area contributed by atoms with Crippen molar-refractivity contribution in [1.29, 1.82) is 0 Å². The molecule has 6 rings (SSSR count). The van der Waals surface area contributed by atoms with Crippen LogP contribution >= 0.6 is 0 Å². The third-order valence-corrected chi connectivity index (χ3v) is 6.75. The number of hydrogen-bond acceptors (Lipinski definition) is 7. The van der Waals surface area contributed by atoms with E-state index in [1.54, 1.807) is 12.1 Å². The van der Waals surface area contributed by atoms with Gasteiger partial charge in [-0.25, -0.2) is 19.9 Å². The molecule has 0 unspecified atom stereocenters. The largest absolute Gasteiger partial charge is 0.451 e. The number of H-pyrrole nitrogens is 2. The van der Waals surface area contributed by atoms with Crippen molar-refractivity contribution in [2.24, 2.45) is 0 Å². The van der Waals surface area contributed by atoms with Gasteiger partial charge >= 0.3 is 11.9 Å². The van der Waals surface area contributed by atoms with Gasteiger partial charge in [0.25, 0.3) is 11.8 Å². The van der Waals surface area contributed by atoms with Crippen molar-refractivity contribution in [2.75, 3.05) is 0 Å². The van der Waals surface area contributed by atoms with Crippen molar-refractivity contribution >= 4 is 22.8 Å². The molecule has 0 saturated carbocycles. The number of furan rings is 1. The monoisotopic (exact) mass is 563 g/mol. The second-order valence-electron chi connectivity index (χ2n) is 9.46. The minimum Gasteiger partial charge on any atom is -0.451 e. The quantitative estimate of drug-likeness (QED) is 0.245. The fourth-order valence-corrected chi connectivity index (χ4v) is 4.76. The first-order valence-electron chi connectivity index (χ1n) is 12.4. The zero-order valence-corrected chi connectivity index (χ0v) is 21.0. The Balaban J connectivity index is 1.10. The Kier molecular flexibility index (Phi) is 6.36. The number of fused-ring (bicyclic) bond motifs is 2. The number of aromatic nitrogens is 5. The Morgan fingerprint density at radius 2 is 1.83 bits per heavy atom. The van der Waals surface area contributed by atoms with Gasteiger partial charge in [-0.15, -0.1) is 0 Å². The minimum absolute atomic E-state index is 0.000929. The Hall–Kier alpha value is -5.27. The number of benzene rings is 2. The molecule has 4 N–H and O–H groups in total. The summed E-state index contributed by atoms with van der Waals surface area (Å²) in [5.74, 6) is -1.75. The first-order valence-corrected chi connectivity index (χ1v) is 12.4. The van der Waals surface area contributed by atoms with Gasteiger partial charge < -0.3 is 15.1 Å². The number of rotatable bonds is 6. The number of carbonyl (C=O) groups is 2. The summed E-state index contributed by atoms with van der Waals surface area (Å²) in [6.07, 6.45) is -2.12. The van der Waals surface area contributed by atoms with E-state index in [0.29, 0.717) is 24.2 Å². The molecule has 2 aromatic carbocycles. The van der Waals surface area contributed by atoms with Crippen LogP contribution in [0.15, 0.2) is 64.1 Å². The van der Waals surface area contributed by atoms with Crippen molar-refractivity contribution in [1.82, 2.24) is 35.8 Å². The molecule has 0 bridgehead atoms. The maximum atomic E-state index is 13.0. The topological polar surface area (TPSA) is 159 Å². The second kappa shape index (κ2) is 10.0. The summed E-state index contributed by atoms with van der Waals surface area (Å²) in [6.45, 7) is -0.00459. The van der Waals surface area contributed by atoms with Crippen LogP contribution in [-0.2, 0) is 19.1 Å². The number of nitrogens with one attached hydrogen (secondary N) is 4. The summed E-state index contributed by atoms with van der Waals surface area (Å²) < 4.78 is 43.6. The molecule has 0 spiro atoms. The van der Waals surface area contributed by atoms with Gasteiger partial charge in [0.15, 0.2) is 5.82 Å². The highest BCUT2D eigenvalue weighted by Crippen LogP contribution is 2.35. The molecule has 41 heavy (non-hydrogen) atoms. The molecule has 14 heteroatoms. The van der Waals surface area contributed by atoms with E-state index < -0.39 is 29.4 Å². The summed E-state index contributed by atoms with van der Waals surface area (Å²) in [4.78, 5) is 47.6. The first-order chi connectivity index (χ1) is 19.6. The number of carbonyl (C=O) groups excluding carboxylic acids is 2. The first kappa shape index (κ1) is 26.0. The standard InChI is InChI=1S/C27H20F3N7O4/c28-27(29,30)22-9-15-2-1-13(7-21(15)41-22)11-31-24(38)19-10-20(33-12-32-19)25(39)34-18-6-4-14-8-16(3-5-17(14)18)23-35-26(40)37-36-23/h1-3,5,7-10,12,18H,4,6,11H2,(H,31,38)(H,34,39)(H2,35,36,37,40)/t18-/m0/s1. The second-order valence-corrected chi connectivity index (χ2v) is 9.46. The van der Waals surface area contributed by atoms with Crippen LogP contribution < -0.4 is 16.3 Å². The van der Waals surface area contributed by atoms with Crippen molar-refractivity contribution in [3.63, 3.8) is 0 Å². The molecule has 0 fully saturated rings. The highest BCUT2D eigenvalue weighted by atomic mass is 19.4. The molecule has 3 heterocycles. The Labute approximate surface area is 228 Å². The van der Waals surface area contributed by atoms with Gasteiger partial charge in [0.05, 0.1) is 6.04 Å². The Bertz CT molecular complexity index is 1860. The molecule has 2 amide bonds. The van der Waals surface area contributed by atoms with E-state index in [1.165, 1.54) is 18.2 Å². The van der Waals surface area contributed by atoms with E-state index in [0.717, 1.165) is 29.1 Å². The number of nitrogens with zero attached hydrogens (tertiary/aromatic N) is 3. The average Bonchev–Trinajstić information content (AvgIpc) is 3.69. The van der Waals surface area contributed by atoms with Gasteiger partial charge in [-0.3, -0.25) is 14.6 Å². The summed E-state index contributed by atoms with van der Waals surface area (Å²) in [5, 5.41) is 12.1. The van der Waals surface area contributed by atoms with E-state index in [-0.39, 0.29) is 34.9 Å². The molecule has 5 aromatic rings. The lowest BCUT2D eigenvalue weighted by Gasteiger charge is -2.14. The van der Waals surface area contributed by atoms with E-state index in [2.05, 4.69) is 35.8 Å². The van der Waals surface area contributed by atoms with Gasteiger partial charge in [0.2, 0.25) is 5.76 Å². The van der Waals surface area contributed by atoms with Crippen molar-refractivity contribution in [3.8, 4) is 11.4 Å². The van der Waals surface area contributed by atoms with Crippen LogP contribution in [0.5, 0.6) is 0 Å². The predicted octanol–water partition coefficient (Wildman–Crippen LogP) is 3.67. The maximum absolute atomic E-state index is 13.0. The SMILES string of the molecule is O=C(NCc1ccc2cc(C(F)(F)F)oc2c1)c1cc(C(=O)N[C@H]2CCc3cc(-c4n[nH]c(=O)[nH]4)ccc32)ncn1. The van der Waals surface area contributed by atoms with Gasteiger partial charge in [-0.1, -0.05) is 24.3 Å². The van der Waals surface area contributed by atoms with Crippen LogP contribution in [0.4, 0.5) is 13.2 Å². The molecule has 1 aliphatic rings. The van der Waals surface area contributed by atoms with E-state index >= 15 is 0 Å². The van der Waals surface area contributed by atoms with Crippen LogP contribution in [0.25, 0.3) is 22.4 Å². The molecule has 3 aromatic heterocycles. The summed E-state index contributed by atoms with van der Waals surface area (Å²) in [7, 11) is 0. The zero-order chi connectivity index (χ0) is 28.7.